The van der Waals surface area contributed by atoms with Gasteiger partial charge in [0.25, 0.3) is 0 Å². The molecule has 1 aliphatic heterocycles. The van der Waals surface area contributed by atoms with Gasteiger partial charge in [0.2, 0.25) is 0 Å². The predicted octanol–water partition coefficient (Wildman–Crippen LogP) is 1.50. The lowest BCUT2D eigenvalue weighted by molar-refractivity contribution is 0.318. The minimum absolute atomic E-state index is 0.141. The van der Waals surface area contributed by atoms with E-state index in [0.29, 0.717) is 0 Å². The summed E-state index contributed by atoms with van der Waals surface area (Å²) in [4.78, 5) is 8.92. The number of oxime groups is 1. The second kappa shape index (κ2) is 6.34. The van der Waals surface area contributed by atoms with E-state index in [0.717, 1.165) is 43.2 Å². The molecule has 6 nitrogen and oxygen atoms in total. The highest BCUT2D eigenvalue weighted by atomic mass is 16.4. The monoisotopic (exact) mass is 297 g/mol. The van der Waals surface area contributed by atoms with Gasteiger partial charge in [0.15, 0.2) is 5.84 Å². The Morgan fingerprint density at radius 1 is 1.00 bits per heavy atom. The highest BCUT2D eigenvalue weighted by molar-refractivity contribution is 6.02. The molecule has 0 saturated carbocycles. The fourth-order valence-corrected chi connectivity index (χ4v) is 2.74. The zero-order valence-electron chi connectivity index (χ0n) is 12.3. The Kier molecular flexibility index (Phi) is 4.09. The average Bonchev–Trinajstić information content (AvgIpc) is 2.62. The van der Waals surface area contributed by atoms with Crippen LogP contribution in [0.2, 0.25) is 0 Å². The van der Waals surface area contributed by atoms with Gasteiger partial charge in [-0.1, -0.05) is 23.4 Å². The lowest BCUT2D eigenvalue weighted by Crippen LogP contribution is -2.47. The van der Waals surface area contributed by atoms with Crippen molar-refractivity contribution >= 4 is 17.3 Å². The van der Waals surface area contributed by atoms with Crippen LogP contribution in [-0.4, -0.2) is 42.2 Å². The number of hydrogen-bond donors (Lipinski definition) is 2. The highest BCUT2D eigenvalue weighted by Gasteiger charge is 2.20. The van der Waals surface area contributed by atoms with Gasteiger partial charge in [-0.05, 0) is 24.3 Å². The Morgan fingerprint density at radius 2 is 1.68 bits per heavy atom. The Morgan fingerprint density at radius 3 is 2.36 bits per heavy atom. The van der Waals surface area contributed by atoms with Gasteiger partial charge in [-0.3, -0.25) is 0 Å². The number of amidine groups is 1. The summed E-state index contributed by atoms with van der Waals surface area (Å²) >= 11 is 0. The topological polar surface area (TPSA) is 78.0 Å². The van der Waals surface area contributed by atoms with Crippen molar-refractivity contribution in [3.05, 3.63) is 54.2 Å². The number of aromatic nitrogens is 1. The van der Waals surface area contributed by atoms with E-state index >= 15 is 0 Å². The van der Waals surface area contributed by atoms with Crippen LogP contribution in [0.5, 0.6) is 0 Å². The number of pyridine rings is 1. The van der Waals surface area contributed by atoms with Gasteiger partial charge in [-0.15, -0.1) is 0 Å². The van der Waals surface area contributed by atoms with Crippen LogP contribution in [0.3, 0.4) is 0 Å². The zero-order chi connectivity index (χ0) is 15.4. The van der Waals surface area contributed by atoms with Crippen LogP contribution in [0, 0.1) is 0 Å². The molecule has 1 aromatic carbocycles. The summed E-state index contributed by atoms with van der Waals surface area (Å²) in [5.74, 6) is 1.15. The quantitative estimate of drug-likeness (QED) is 0.388. The van der Waals surface area contributed by atoms with E-state index in [9.17, 15) is 0 Å². The number of benzene rings is 1. The van der Waals surface area contributed by atoms with Gasteiger partial charge in [-0.2, -0.15) is 0 Å². The lowest BCUT2D eigenvalue weighted by Gasteiger charge is -2.37. The summed E-state index contributed by atoms with van der Waals surface area (Å²) < 4.78 is 0. The molecule has 6 heteroatoms. The molecule has 2 aromatic rings. The van der Waals surface area contributed by atoms with Crippen molar-refractivity contribution in [1.29, 1.82) is 0 Å². The third-order valence-electron chi connectivity index (χ3n) is 3.88. The molecule has 1 fully saturated rings. The molecule has 1 aromatic heterocycles. The first-order valence-electron chi connectivity index (χ1n) is 7.27. The van der Waals surface area contributed by atoms with E-state index in [2.05, 4.69) is 19.9 Å². The molecular formula is C16H19N5O. The van der Waals surface area contributed by atoms with Gasteiger partial charge in [0.05, 0.1) is 0 Å². The van der Waals surface area contributed by atoms with E-state index in [1.54, 1.807) is 0 Å². The summed E-state index contributed by atoms with van der Waals surface area (Å²) in [5.41, 5.74) is 7.53. The Balaban J connectivity index is 1.75. The van der Waals surface area contributed by atoms with E-state index in [1.807, 2.05) is 48.7 Å². The Labute approximate surface area is 129 Å². The van der Waals surface area contributed by atoms with Crippen molar-refractivity contribution in [3.63, 3.8) is 0 Å². The van der Waals surface area contributed by atoms with E-state index < -0.39 is 0 Å². The molecule has 0 bridgehead atoms. The van der Waals surface area contributed by atoms with Crippen LogP contribution in [0.25, 0.3) is 0 Å². The van der Waals surface area contributed by atoms with Gasteiger partial charge >= 0.3 is 0 Å². The Hall–Kier alpha value is -2.76. The molecule has 0 aliphatic carbocycles. The molecule has 0 amide bonds. The van der Waals surface area contributed by atoms with E-state index in [4.69, 9.17) is 10.9 Å². The van der Waals surface area contributed by atoms with Crippen LogP contribution in [0.1, 0.15) is 5.56 Å². The average molecular weight is 297 g/mol. The Bertz CT molecular complexity index is 651. The van der Waals surface area contributed by atoms with Crippen molar-refractivity contribution in [3.8, 4) is 0 Å². The minimum atomic E-state index is 0.141. The van der Waals surface area contributed by atoms with Crippen molar-refractivity contribution in [2.45, 2.75) is 0 Å². The predicted molar refractivity (Wildman–Crippen MR) is 87.6 cm³/mol. The maximum atomic E-state index is 8.93. The summed E-state index contributed by atoms with van der Waals surface area (Å²) in [6.07, 6.45) is 1.81. The van der Waals surface area contributed by atoms with Crippen LogP contribution >= 0.6 is 0 Å². The standard InChI is InChI=1S/C16H19N5O/c17-16(19-22)13-5-1-2-6-14(13)20-9-11-21(12-10-20)15-7-3-4-8-18-15/h1-8,22H,9-12H2,(H2,17,19). The fraction of sp³-hybridized carbons (Fsp3) is 0.250. The molecule has 0 spiro atoms. The molecule has 114 valence electrons. The highest BCUT2D eigenvalue weighted by Crippen LogP contribution is 2.23. The van der Waals surface area contributed by atoms with Crippen molar-refractivity contribution in [1.82, 2.24) is 4.98 Å². The first-order chi connectivity index (χ1) is 10.8. The SMILES string of the molecule is N/C(=N\O)c1ccccc1N1CCN(c2ccccn2)CC1. The van der Waals surface area contributed by atoms with Gasteiger partial charge in [0, 0.05) is 43.6 Å². The smallest absolute Gasteiger partial charge is 0.172 e. The van der Waals surface area contributed by atoms with Gasteiger partial charge in [-0.25, -0.2) is 4.98 Å². The third kappa shape index (κ3) is 2.81. The lowest BCUT2D eigenvalue weighted by atomic mass is 10.1. The molecule has 0 unspecified atom stereocenters. The number of nitrogens with two attached hydrogens (primary N) is 1. The molecule has 0 atom stereocenters. The largest absolute Gasteiger partial charge is 0.409 e. The minimum Gasteiger partial charge on any atom is -0.409 e. The maximum Gasteiger partial charge on any atom is 0.172 e. The number of anilines is 2. The third-order valence-corrected chi connectivity index (χ3v) is 3.88. The van der Waals surface area contributed by atoms with Crippen LogP contribution in [0.4, 0.5) is 11.5 Å². The molecule has 1 aliphatic rings. The van der Waals surface area contributed by atoms with E-state index in [-0.39, 0.29) is 5.84 Å². The van der Waals surface area contributed by atoms with Crippen LogP contribution in [0.15, 0.2) is 53.8 Å². The number of para-hydroxylation sites is 1. The molecule has 22 heavy (non-hydrogen) atoms. The molecular weight excluding hydrogens is 278 g/mol. The maximum absolute atomic E-state index is 8.93. The second-order valence-corrected chi connectivity index (χ2v) is 5.16. The number of piperazine rings is 1. The second-order valence-electron chi connectivity index (χ2n) is 5.16. The molecule has 3 rings (SSSR count). The van der Waals surface area contributed by atoms with Crippen molar-refractivity contribution < 1.29 is 5.21 Å². The van der Waals surface area contributed by atoms with Gasteiger partial charge in [0.1, 0.15) is 5.82 Å². The number of nitrogens with zero attached hydrogens (tertiary/aromatic N) is 4. The van der Waals surface area contributed by atoms with Crippen LogP contribution in [-0.2, 0) is 0 Å². The van der Waals surface area contributed by atoms with Crippen molar-refractivity contribution in [2.24, 2.45) is 10.9 Å². The molecule has 3 N–H and O–H groups in total. The van der Waals surface area contributed by atoms with E-state index in [1.165, 1.54) is 0 Å². The summed E-state index contributed by atoms with van der Waals surface area (Å²) in [6.45, 7) is 3.52. The molecule has 0 radical (unpaired) electrons. The normalized spacial score (nSPS) is 15.9. The number of rotatable bonds is 3. The first-order valence-corrected chi connectivity index (χ1v) is 7.27. The first kappa shape index (κ1) is 14.2. The summed E-state index contributed by atoms with van der Waals surface area (Å²) in [6, 6.07) is 13.7. The summed E-state index contributed by atoms with van der Waals surface area (Å²) in [7, 11) is 0. The van der Waals surface area contributed by atoms with Gasteiger partial charge < -0.3 is 20.7 Å². The zero-order valence-corrected chi connectivity index (χ0v) is 12.3. The molecule has 2 heterocycles. The summed E-state index contributed by atoms with van der Waals surface area (Å²) in [5, 5.41) is 12.1. The fourth-order valence-electron chi connectivity index (χ4n) is 2.74. The number of hydrogen-bond acceptors (Lipinski definition) is 5. The van der Waals surface area contributed by atoms with Crippen molar-refractivity contribution in [2.75, 3.05) is 36.0 Å². The molecule has 1 saturated heterocycles. The van der Waals surface area contributed by atoms with Crippen LogP contribution < -0.4 is 15.5 Å².